The van der Waals surface area contributed by atoms with Crippen molar-refractivity contribution in [3.05, 3.63) is 35.6 Å². The molecular weight excluding hydrogens is 245 g/mol. The SMILES string of the molecule is CCC(c1ccc(F)cc1)N1CCCCC1C(=O)O. The Morgan fingerprint density at radius 3 is 2.68 bits per heavy atom. The van der Waals surface area contributed by atoms with E-state index in [-0.39, 0.29) is 11.9 Å². The van der Waals surface area contributed by atoms with Gasteiger partial charge >= 0.3 is 5.97 Å². The number of aliphatic carboxylic acids is 1. The number of carboxylic acids is 1. The van der Waals surface area contributed by atoms with E-state index in [1.54, 1.807) is 12.1 Å². The number of carbonyl (C=O) groups is 1. The molecule has 0 saturated carbocycles. The third kappa shape index (κ3) is 3.13. The van der Waals surface area contributed by atoms with E-state index in [0.29, 0.717) is 6.42 Å². The van der Waals surface area contributed by atoms with Crippen LogP contribution in [0.1, 0.15) is 44.2 Å². The Bertz CT molecular complexity index is 432. The van der Waals surface area contributed by atoms with Crippen molar-refractivity contribution in [1.29, 1.82) is 0 Å². The molecule has 0 bridgehead atoms. The number of likely N-dealkylation sites (tertiary alicyclic amines) is 1. The molecule has 1 aromatic rings. The van der Waals surface area contributed by atoms with Crippen molar-refractivity contribution in [2.75, 3.05) is 6.54 Å². The van der Waals surface area contributed by atoms with Gasteiger partial charge in [0.15, 0.2) is 0 Å². The van der Waals surface area contributed by atoms with E-state index in [0.717, 1.165) is 31.4 Å². The Morgan fingerprint density at radius 2 is 2.11 bits per heavy atom. The first-order valence-electron chi connectivity index (χ1n) is 6.87. The molecule has 1 aliphatic rings. The molecule has 0 radical (unpaired) electrons. The first-order valence-corrected chi connectivity index (χ1v) is 6.87. The van der Waals surface area contributed by atoms with Gasteiger partial charge in [0.2, 0.25) is 0 Å². The summed E-state index contributed by atoms with van der Waals surface area (Å²) in [5.74, 6) is -1.01. The maximum Gasteiger partial charge on any atom is 0.320 e. The third-order valence-corrected chi connectivity index (χ3v) is 3.87. The van der Waals surface area contributed by atoms with E-state index in [1.165, 1.54) is 12.1 Å². The van der Waals surface area contributed by atoms with Gasteiger partial charge in [-0.05, 0) is 43.5 Å². The predicted octanol–water partition coefficient (Wildman–Crippen LogP) is 3.22. The van der Waals surface area contributed by atoms with Crippen LogP contribution in [-0.4, -0.2) is 28.6 Å². The standard InChI is InChI=1S/C15H20FNO2/c1-2-13(11-6-8-12(16)9-7-11)17-10-4-3-5-14(17)15(18)19/h6-9,13-14H,2-5,10H2,1H3,(H,18,19). The maximum atomic E-state index is 13.0. The lowest BCUT2D eigenvalue weighted by atomic mass is 9.95. The van der Waals surface area contributed by atoms with E-state index in [2.05, 4.69) is 4.90 Å². The Labute approximate surface area is 113 Å². The Hall–Kier alpha value is -1.42. The van der Waals surface area contributed by atoms with Gasteiger partial charge in [0.25, 0.3) is 0 Å². The highest BCUT2D eigenvalue weighted by Crippen LogP contribution is 2.31. The molecule has 19 heavy (non-hydrogen) atoms. The van der Waals surface area contributed by atoms with Crippen LogP contribution in [0.15, 0.2) is 24.3 Å². The average Bonchev–Trinajstić information content (AvgIpc) is 2.42. The van der Waals surface area contributed by atoms with Crippen molar-refractivity contribution < 1.29 is 14.3 Å². The largest absolute Gasteiger partial charge is 0.480 e. The van der Waals surface area contributed by atoms with Crippen LogP contribution >= 0.6 is 0 Å². The van der Waals surface area contributed by atoms with Crippen LogP contribution < -0.4 is 0 Å². The zero-order valence-electron chi connectivity index (χ0n) is 11.2. The van der Waals surface area contributed by atoms with Crippen LogP contribution in [0, 0.1) is 5.82 Å². The molecule has 1 heterocycles. The van der Waals surface area contributed by atoms with Crippen molar-refractivity contribution in [2.24, 2.45) is 0 Å². The molecule has 0 amide bonds. The van der Waals surface area contributed by atoms with Crippen LogP contribution in [0.4, 0.5) is 4.39 Å². The number of carboxylic acid groups (broad SMARTS) is 1. The van der Waals surface area contributed by atoms with Gasteiger partial charge < -0.3 is 5.11 Å². The zero-order valence-corrected chi connectivity index (χ0v) is 11.2. The molecule has 2 atom stereocenters. The van der Waals surface area contributed by atoms with E-state index >= 15 is 0 Å². The van der Waals surface area contributed by atoms with Gasteiger partial charge in [-0.15, -0.1) is 0 Å². The summed E-state index contributed by atoms with van der Waals surface area (Å²) in [4.78, 5) is 13.4. The van der Waals surface area contributed by atoms with Gasteiger partial charge in [0, 0.05) is 6.04 Å². The van der Waals surface area contributed by atoms with Gasteiger partial charge in [-0.3, -0.25) is 9.69 Å². The molecule has 1 saturated heterocycles. The molecule has 2 rings (SSSR count). The van der Waals surface area contributed by atoms with Crippen molar-refractivity contribution in [3.8, 4) is 0 Å². The number of benzene rings is 1. The Morgan fingerprint density at radius 1 is 1.42 bits per heavy atom. The third-order valence-electron chi connectivity index (χ3n) is 3.87. The quantitative estimate of drug-likeness (QED) is 0.908. The van der Waals surface area contributed by atoms with Gasteiger partial charge in [-0.1, -0.05) is 25.5 Å². The summed E-state index contributed by atoms with van der Waals surface area (Å²) in [6.07, 6.45) is 3.53. The smallest absolute Gasteiger partial charge is 0.320 e. The van der Waals surface area contributed by atoms with Gasteiger partial charge in [-0.25, -0.2) is 4.39 Å². The minimum absolute atomic E-state index is 0.0574. The molecule has 1 aliphatic heterocycles. The predicted molar refractivity (Wildman–Crippen MR) is 71.4 cm³/mol. The summed E-state index contributed by atoms with van der Waals surface area (Å²) in [6, 6.07) is 6.05. The van der Waals surface area contributed by atoms with E-state index in [4.69, 9.17) is 0 Å². The van der Waals surface area contributed by atoms with Crippen molar-refractivity contribution in [3.63, 3.8) is 0 Å². The van der Waals surface area contributed by atoms with E-state index in [1.807, 2.05) is 6.92 Å². The number of halogens is 1. The van der Waals surface area contributed by atoms with Gasteiger partial charge in [0.1, 0.15) is 11.9 Å². The average molecular weight is 265 g/mol. The molecule has 0 aromatic heterocycles. The molecule has 1 fully saturated rings. The van der Waals surface area contributed by atoms with Crippen molar-refractivity contribution in [2.45, 2.75) is 44.7 Å². The summed E-state index contributed by atoms with van der Waals surface area (Å²) < 4.78 is 13.0. The van der Waals surface area contributed by atoms with E-state index in [9.17, 15) is 14.3 Å². The fourth-order valence-corrected chi connectivity index (χ4v) is 2.94. The summed E-state index contributed by atoms with van der Waals surface area (Å²) in [5, 5.41) is 9.34. The lowest BCUT2D eigenvalue weighted by Gasteiger charge is -2.39. The fraction of sp³-hybridized carbons (Fsp3) is 0.533. The second-order valence-corrected chi connectivity index (χ2v) is 5.06. The maximum absolute atomic E-state index is 13.0. The molecule has 0 spiro atoms. The molecule has 1 aromatic carbocycles. The first-order chi connectivity index (χ1) is 9.13. The molecular formula is C15H20FNO2. The fourth-order valence-electron chi connectivity index (χ4n) is 2.94. The Kier molecular flexibility index (Phi) is 4.53. The summed E-state index contributed by atoms with van der Waals surface area (Å²) in [7, 11) is 0. The topological polar surface area (TPSA) is 40.5 Å². The van der Waals surface area contributed by atoms with Gasteiger partial charge in [0.05, 0.1) is 0 Å². The second-order valence-electron chi connectivity index (χ2n) is 5.06. The first kappa shape index (κ1) is 14.0. The van der Waals surface area contributed by atoms with Gasteiger partial charge in [-0.2, -0.15) is 0 Å². The molecule has 3 nitrogen and oxygen atoms in total. The number of hydrogen-bond donors (Lipinski definition) is 1. The highest BCUT2D eigenvalue weighted by molar-refractivity contribution is 5.73. The summed E-state index contributed by atoms with van der Waals surface area (Å²) in [6.45, 7) is 2.84. The number of nitrogens with zero attached hydrogens (tertiary/aromatic N) is 1. The highest BCUT2D eigenvalue weighted by Gasteiger charge is 2.33. The van der Waals surface area contributed by atoms with Crippen LogP contribution in [0.3, 0.4) is 0 Å². The summed E-state index contributed by atoms with van der Waals surface area (Å²) in [5.41, 5.74) is 0.997. The normalized spacial score (nSPS) is 22.1. The molecule has 4 heteroatoms. The highest BCUT2D eigenvalue weighted by atomic mass is 19.1. The molecule has 104 valence electrons. The Balaban J connectivity index is 2.24. The van der Waals surface area contributed by atoms with Crippen LogP contribution in [0.5, 0.6) is 0 Å². The van der Waals surface area contributed by atoms with Crippen LogP contribution in [0.25, 0.3) is 0 Å². The number of piperidine rings is 1. The zero-order chi connectivity index (χ0) is 13.8. The lowest BCUT2D eigenvalue weighted by molar-refractivity contribution is -0.146. The minimum Gasteiger partial charge on any atom is -0.480 e. The van der Waals surface area contributed by atoms with Crippen LogP contribution in [0.2, 0.25) is 0 Å². The lowest BCUT2D eigenvalue weighted by Crippen LogP contribution is -2.46. The van der Waals surface area contributed by atoms with Crippen LogP contribution in [-0.2, 0) is 4.79 Å². The number of hydrogen-bond acceptors (Lipinski definition) is 2. The second kappa shape index (κ2) is 6.15. The molecule has 1 N–H and O–H groups in total. The van der Waals surface area contributed by atoms with Crippen molar-refractivity contribution in [1.82, 2.24) is 4.90 Å². The monoisotopic (exact) mass is 265 g/mol. The van der Waals surface area contributed by atoms with E-state index < -0.39 is 12.0 Å². The summed E-state index contributed by atoms with van der Waals surface area (Å²) >= 11 is 0. The van der Waals surface area contributed by atoms with Crippen molar-refractivity contribution >= 4 is 5.97 Å². The molecule has 2 unspecified atom stereocenters. The number of rotatable bonds is 4. The minimum atomic E-state index is -0.750. The molecule has 0 aliphatic carbocycles.